The topological polar surface area (TPSA) is 35.5 Å². The first-order chi connectivity index (χ1) is 9.99. The van der Waals surface area contributed by atoms with E-state index in [1.54, 1.807) is 38.5 Å². The second-order valence-corrected chi connectivity index (χ2v) is 5.17. The molecule has 0 N–H and O–H groups in total. The number of hydrogen-bond acceptors (Lipinski definition) is 3. The van der Waals surface area contributed by atoms with Gasteiger partial charge in [0.15, 0.2) is 5.78 Å². The largest absolute Gasteiger partial charge is 0.497 e. The van der Waals surface area contributed by atoms with Crippen LogP contribution in [0.25, 0.3) is 0 Å². The minimum absolute atomic E-state index is 0.114. The molecule has 0 saturated heterocycles. The zero-order valence-electron chi connectivity index (χ0n) is 12.5. The normalized spacial score (nSPS) is 10.3. The second kappa shape index (κ2) is 6.19. The fourth-order valence-corrected chi connectivity index (χ4v) is 2.60. The molecule has 2 aromatic carbocycles. The summed E-state index contributed by atoms with van der Waals surface area (Å²) in [6.45, 7) is 3.70. The highest BCUT2D eigenvalue weighted by molar-refractivity contribution is 6.35. The highest BCUT2D eigenvalue weighted by Crippen LogP contribution is 2.31. The second-order valence-electron chi connectivity index (χ2n) is 4.76. The quantitative estimate of drug-likeness (QED) is 0.794. The van der Waals surface area contributed by atoms with E-state index in [0.717, 1.165) is 16.9 Å². The predicted molar refractivity (Wildman–Crippen MR) is 83.9 cm³/mol. The Morgan fingerprint density at radius 2 is 1.76 bits per heavy atom. The molecule has 4 heteroatoms. The van der Waals surface area contributed by atoms with Crippen LogP contribution in [0.4, 0.5) is 0 Å². The van der Waals surface area contributed by atoms with Crippen molar-refractivity contribution in [2.24, 2.45) is 0 Å². The van der Waals surface area contributed by atoms with E-state index in [4.69, 9.17) is 21.1 Å². The van der Waals surface area contributed by atoms with Crippen LogP contribution in [0, 0.1) is 13.8 Å². The van der Waals surface area contributed by atoms with Crippen molar-refractivity contribution in [1.29, 1.82) is 0 Å². The first kappa shape index (κ1) is 15.4. The van der Waals surface area contributed by atoms with Gasteiger partial charge in [0, 0.05) is 16.7 Å². The third-order valence-corrected chi connectivity index (χ3v) is 3.80. The van der Waals surface area contributed by atoms with E-state index in [1.165, 1.54) is 0 Å². The Balaban J connectivity index is 2.55. The highest BCUT2D eigenvalue weighted by atomic mass is 35.5. The van der Waals surface area contributed by atoms with Gasteiger partial charge in [-0.2, -0.15) is 0 Å². The minimum atomic E-state index is -0.114. The molecule has 0 amide bonds. The van der Waals surface area contributed by atoms with Gasteiger partial charge in [0.1, 0.15) is 11.5 Å². The zero-order valence-corrected chi connectivity index (χ0v) is 13.2. The smallest absolute Gasteiger partial charge is 0.195 e. The number of halogens is 1. The van der Waals surface area contributed by atoms with Crippen LogP contribution in [0.5, 0.6) is 11.5 Å². The Kier molecular flexibility index (Phi) is 4.53. The van der Waals surface area contributed by atoms with Gasteiger partial charge in [-0.15, -0.1) is 0 Å². The first-order valence-electron chi connectivity index (χ1n) is 6.52. The van der Waals surface area contributed by atoms with Crippen LogP contribution in [0.15, 0.2) is 30.3 Å². The number of ether oxygens (including phenoxy) is 2. The van der Waals surface area contributed by atoms with Gasteiger partial charge in [-0.05, 0) is 49.7 Å². The Labute approximate surface area is 129 Å². The van der Waals surface area contributed by atoms with Crippen LogP contribution in [0.3, 0.4) is 0 Å². The van der Waals surface area contributed by atoms with Gasteiger partial charge in [-0.1, -0.05) is 11.6 Å². The lowest BCUT2D eigenvalue weighted by Crippen LogP contribution is -2.08. The molecule has 0 bridgehead atoms. The molecule has 0 saturated carbocycles. The Morgan fingerprint density at radius 1 is 1.05 bits per heavy atom. The number of hydrogen-bond donors (Lipinski definition) is 0. The number of carbonyl (C=O) groups excluding carboxylic acids is 1. The minimum Gasteiger partial charge on any atom is -0.497 e. The number of methoxy groups -OCH3 is 2. The molecule has 0 unspecified atom stereocenters. The number of aryl methyl sites for hydroxylation is 1. The zero-order chi connectivity index (χ0) is 15.6. The van der Waals surface area contributed by atoms with Crippen molar-refractivity contribution in [1.82, 2.24) is 0 Å². The number of rotatable bonds is 4. The van der Waals surface area contributed by atoms with Gasteiger partial charge in [0.2, 0.25) is 0 Å². The summed E-state index contributed by atoms with van der Waals surface area (Å²) in [6.07, 6.45) is 0. The number of benzene rings is 2. The summed E-state index contributed by atoms with van der Waals surface area (Å²) < 4.78 is 10.4. The lowest BCUT2D eigenvalue weighted by molar-refractivity contribution is 0.103. The van der Waals surface area contributed by atoms with E-state index in [1.807, 2.05) is 19.9 Å². The van der Waals surface area contributed by atoms with Gasteiger partial charge < -0.3 is 9.47 Å². The van der Waals surface area contributed by atoms with Gasteiger partial charge in [-0.3, -0.25) is 4.79 Å². The van der Waals surface area contributed by atoms with Crippen molar-refractivity contribution >= 4 is 17.4 Å². The third-order valence-electron chi connectivity index (χ3n) is 3.49. The first-order valence-corrected chi connectivity index (χ1v) is 6.89. The standard InChI is InChI=1S/C17H17ClO3/c1-10-9-12(20-3)5-6-13(10)17(19)16-11(2)15(21-4)8-7-14(16)18/h5-9H,1-4H3. The molecule has 3 nitrogen and oxygen atoms in total. The van der Waals surface area contributed by atoms with Crippen molar-refractivity contribution in [3.8, 4) is 11.5 Å². The summed E-state index contributed by atoms with van der Waals surface area (Å²) in [5.74, 6) is 1.25. The molecule has 0 radical (unpaired) electrons. The third kappa shape index (κ3) is 2.88. The lowest BCUT2D eigenvalue weighted by atomic mass is 9.95. The Morgan fingerprint density at radius 3 is 2.33 bits per heavy atom. The maximum absolute atomic E-state index is 12.8. The molecule has 0 heterocycles. The number of ketones is 1. The molecule has 110 valence electrons. The monoisotopic (exact) mass is 304 g/mol. The van der Waals surface area contributed by atoms with Crippen molar-refractivity contribution in [3.63, 3.8) is 0 Å². The highest BCUT2D eigenvalue weighted by Gasteiger charge is 2.20. The van der Waals surface area contributed by atoms with E-state index in [2.05, 4.69) is 0 Å². The maximum atomic E-state index is 12.8. The van der Waals surface area contributed by atoms with E-state index >= 15 is 0 Å². The predicted octanol–water partition coefficient (Wildman–Crippen LogP) is 4.21. The van der Waals surface area contributed by atoms with E-state index < -0.39 is 0 Å². The molecule has 0 aliphatic carbocycles. The van der Waals surface area contributed by atoms with Crippen LogP contribution < -0.4 is 9.47 Å². The van der Waals surface area contributed by atoms with Crippen molar-refractivity contribution < 1.29 is 14.3 Å². The van der Waals surface area contributed by atoms with Gasteiger partial charge in [0.05, 0.1) is 19.2 Å². The molecule has 2 aromatic rings. The van der Waals surface area contributed by atoms with E-state index in [9.17, 15) is 4.79 Å². The Hall–Kier alpha value is -2.00. The van der Waals surface area contributed by atoms with E-state index in [-0.39, 0.29) is 5.78 Å². The summed E-state index contributed by atoms with van der Waals surface area (Å²) in [5, 5.41) is 0.425. The lowest BCUT2D eigenvalue weighted by Gasteiger charge is -2.13. The maximum Gasteiger partial charge on any atom is 0.195 e. The fraction of sp³-hybridized carbons (Fsp3) is 0.235. The Bertz CT molecular complexity index is 693. The molecule has 21 heavy (non-hydrogen) atoms. The summed E-state index contributed by atoms with van der Waals surface area (Å²) in [4.78, 5) is 12.8. The summed E-state index contributed by atoms with van der Waals surface area (Å²) >= 11 is 6.21. The molecule has 0 atom stereocenters. The summed E-state index contributed by atoms with van der Waals surface area (Å²) in [6, 6.07) is 8.79. The summed E-state index contributed by atoms with van der Waals surface area (Å²) in [7, 11) is 3.17. The number of carbonyl (C=O) groups is 1. The summed E-state index contributed by atoms with van der Waals surface area (Å²) in [5.41, 5.74) is 2.67. The van der Waals surface area contributed by atoms with Crippen LogP contribution >= 0.6 is 11.6 Å². The van der Waals surface area contributed by atoms with Crippen LogP contribution in [0.1, 0.15) is 27.0 Å². The molecular formula is C17H17ClO3. The van der Waals surface area contributed by atoms with Gasteiger partial charge >= 0.3 is 0 Å². The molecule has 0 fully saturated rings. The van der Waals surface area contributed by atoms with Crippen molar-refractivity contribution in [3.05, 3.63) is 57.6 Å². The molecular weight excluding hydrogens is 288 g/mol. The van der Waals surface area contributed by atoms with Crippen LogP contribution in [0.2, 0.25) is 5.02 Å². The molecule has 0 aliphatic heterocycles. The molecule has 2 rings (SSSR count). The molecule has 0 spiro atoms. The van der Waals surface area contributed by atoms with Crippen LogP contribution in [-0.4, -0.2) is 20.0 Å². The van der Waals surface area contributed by atoms with Gasteiger partial charge in [0.25, 0.3) is 0 Å². The molecule has 0 aromatic heterocycles. The fourth-order valence-electron chi connectivity index (χ4n) is 2.31. The van der Waals surface area contributed by atoms with Gasteiger partial charge in [-0.25, -0.2) is 0 Å². The molecule has 0 aliphatic rings. The van der Waals surface area contributed by atoms with Crippen LogP contribution in [-0.2, 0) is 0 Å². The SMILES string of the molecule is COc1ccc(C(=O)c2c(Cl)ccc(OC)c2C)c(C)c1. The average Bonchev–Trinajstić information content (AvgIpc) is 2.47. The van der Waals surface area contributed by atoms with Crippen molar-refractivity contribution in [2.75, 3.05) is 14.2 Å². The van der Waals surface area contributed by atoms with Crippen molar-refractivity contribution in [2.45, 2.75) is 13.8 Å². The van der Waals surface area contributed by atoms with E-state index in [0.29, 0.717) is 21.9 Å². The average molecular weight is 305 g/mol.